The molecule has 0 saturated carbocycles. The number of carbonyl (C=O) groups is 2. The van der Waals surface area contributed by atoms with Crippen LogP contribution in [0.3, 0.4) is 0 Å². The standard InChI is InChI=1S/C36H39Cl2N3O5S/c1-5-46-31-17-19-32(20-18-31)47(44,45)41(30-15-11-26(4)12-16-30)24-35(42)40(23-28-13-14-29(37)22-33(28)38)34(36(43)39-25(2)3)21-27-9-7-6-8-10-27/h6-20,22,25,34H,5,21,23-24H2,1-4H3,(H,39,43). The molecule has 0 aliphatic heterocycles. The fraction of sp³-hybridized carbons (Fsp3) is 0.278. The molecule has 4 rings (SSSR count). The Kier molecular flexibility index (Phi) is 12.3. The number of rotatable bonds is 14. The van der Waals surface area contributed by atoms with Crippen LogP contribution >= 0.6 is 23.2 Å². The van der Waals surface area contributed by atoms with E-state index < -0.39 is 28.5 Å². The van der Waals surface area contributed by atoms with Crippen LogP contribution in [0.2, 0.25) is 10.0 Å². The van der Waals surface area contributed by atoms with E-state index in [1.165, 1.54) is 17.0 Å². The Balaban J connectivity index is 1.81. The maximum atomic E-state index is 14.6. The van der Waals surface area contributed by atoms with Crippen LogP contribution in [-0.4, -0.2) is 50.4 Å². The van der Waals surface area contributed by atoms with Crippen molar-refractivity contribution in [2.24, 2.45) is 0 Å². The number of nitrogens with zero attached hydrogens (tertiary/aromatic N) is 2. The van der Waals surface area contributed by atoms with Gasteiger partial charge in [0.05, 0.1) is 17.2 Å². The zero-order chi connectivity index (χ0) is 34.1. The summed E-state index contributed by atoms with van der Waals surface area (Å²) in [5, 5.41) is 3.67. The van der Waals surface area contributed by atoms with Crippen LogP contribution in [0.25, 0.3) is 0 Å². The van der Waals surface area contributed by atoms with E-state index in [-0.39, 0.29) is 29.8 Å². The third-order valence-corrected chi connectivity index (χ3v) is 9.76. The monoisotopic (exact) mass is 695 g/mol. The van der Waals surface area contributed by atoms with Crippen LogP contribution in [0, 0.1) is 6.92 Å². The molecular formula is C36H39Cl2N3O5S. The fourth-order valence-electron chi connectivity index (χ4n) is 5.01. The minimum absolute atomic E-state index is 0.0139. The van der Waals surface area contributed by atoms with Gasteiger partial charge < -0.3 is 15.0 Å². The van der Waals surface area contributed by atoms with Gasteiger partial charge in [-0.15, -0.1) is 0 Å². The molecule has 4 aromatic carbocycles. The lowest BCUT2D eigenvalue weighted by atomic mass is 10.0. The van der Waals surface area contributed by atoms with Gasteiger partial charge in [-0.3, -0.25) is 13.9 Å². The first-order valence-electron chi connectivity index (χ1n) is 15.3. The van der Waals surface area contributed by atoms with Crippen molar-refractivity contribution in [2.75, 3.05) is 17.5 Å². The second-order valence-electron chi connectivity index (χ2n) is 11.4. The molecule has 11 heteroatoms. The highest BCUT2D eigenvalue weighted by Gasteiger charge is 2.35. The first-order chi connectivity index (χ1) is 22.4. The van der Waals surface area contributed by atoms with Crippen molar-refractivity contribution in [1.82, 2.24) is 10.2 Å². The van der Waals surface area contributed by atoms with E-state index >= 15 is 0 Å². The number of hydrogen-bond donors (Lipinski definition) is 1. The molecule has 2 amide bonds. The van der Waals surface area contributed by atoms with Gasteiger partial charge in [0.2, 0.25) is 11.8 Å². The number of halogens is 2. The molecule has 248 valence electrons. The molecule has 0 radical (unpaired) electrons. The van der Waals surface area contributed by atoms with Crippen molar-refractivity contribution >= 4 is 50.7 Å². The molecule has 4 aromatic rings. The van der Waals surface area contributed by atoms with E-state index in [1.807, 2.05) is 58.0 Å². The summed E-state index contributed by atoms with van der Waals surface area (Å²) in [6.45, 7) is 7.18. The quantitative estimate of drug-likeness (QED) is 0.152. The fourth-order valence-corrected chi connectivity index (χ4v) is 6.89. The lowest BCUT2D eigenvalue weighted by Gasteiger charge is -2.34. The number of aryl methyl sites for hydroxylation is 1. The van der Waals surface area contributed by atoms with E-state index in [0.717, 1.165) is 15.4 Å². The molecule has 0 aromatic heterocycles. The number of ether oxygens (including phenoxy) is 1. The van der Waals surface area contributed by atoms with E-state index in [0.29, 0.717) is 33.7 Å². The second-order valence-corrected chi connectivity index (χ2v) is 14.1. The minimum atomic E-state index is -4.25. The predicted molar refractivity (Wildman–Crippen MR) is 188 cm³/mol. The summed E-state index contributed by atoms with van der Waals surface area (Å²) in [4.78, 5) is 29.8. The Morgan fingerprint density at radius 3 is 2.15 bits per heavy atom. The Hall–Kier alpha value is -4.05. The van der Waals surface area contributed by atoms with Crippen molar-refractivity contribution in [3.63, 3.8) is 0 Å². The lowest BCUT2D eigenvalue weighted by Crippen LogP contribution is -2.54. The van der Waals surface area contributed by atoms with E-state index in [1.54, 1.807) is 54.6 Å². The summed E-state index contributed by atoms with van der Waals surface area (Å²) in [6.07, 6.45) is 0.187. The van der Waals surface area contributed by atoms with Gasteiger partial charge in [0.15, 0.2) is 0 Å². The summed E-state index contributed by atoms with van der Waals surface area (Å²) in [7, 11) is -4.25. The van der Waals surface area contributed by atoms with Gasteiger partial charge in [-0.2, -0.15) is 0 Å². The van der Waals surface area contributed by atoms with E-state index in [4.69, 9.17) is 27.9 Å². The average molecular weight is 697 g/mol. The van der Waals surface area contributed by atoms with Gasteiger partial charge in [-0.05, 0) is 87.4 Å². The molecule has 8 nitrogen and oxygen atoms in total. The normalized spacial score (nSPS) is 12.0. The number of anilines is 1. The lowest BCUT2D eigenvalue weighted by molar-refractivity contribution is -0.140. The van der Waals surface area contributed by atoms with Gasteiger partial charge in [0.1, 0.15) is 18.3 Å². The maximum absolute atomic E-state index is 14.6. The minimum Gasteiger partial charge on any atom is -0.494 e. The summed E-state index contributed by atoms with van der Waals surface area (Å²) < 4.78 is 35.0. The smallest absolute Gasteiger partial charge is 0.264 e. The van der Waals surface area contributed by atoms with Gasteiger partial charge >= 0.3 is 0 Å². The Bertz CT molecular complexity index is 1770. The van der Waals surface area contributed by atoms with Crippen molar-refractivity contribution in [1.29, 1.82) is 0 Å². The number of amides is 2. The predicted octanol–water partition coefficient (Wildman–Crippen LogP) is 7.06. The highest BCUT2D eigenvalue weighted by Crippen LogP contribution is 2.28. The molecule has 0 heterocycles. The van der Waals surface area contributed by atoms with Crippen molar-refractivity contribution in [2.45, 2.75) is 57.6 Å². The van der Waals surface area contributed by atoms with Crippen molar-refractivity contribution < 1.29 is 22.7 Å². The number of nitrogens with one attached hydrogen (secondary N) is 1. The first kappa shape index (κ1) is 35.8. The third kappa shape index (κ3) is 9.50. The molecule has 1 unspecified atom stereocenters. The van der Waals surface area contributed by atoms with Crippen LogP contribution < -0.4 is 14.4 Å². The van der Waals surface area contributed by atoms with Crippen molar-refractivity contribution in [3.8, 4) is 5.75 Å². The van der Waals surface area contributed by atoms with Crippen LogP contribution in [0.5, 0.6) is 5.75 Å². The van der Waals surface area contributed by atoms with Crippen molar-refractivity contribution in [3.05, 3.63) is 124 Å². The van der Waals surface area contributed by atoms with E-state index in [9.17, 15) is 18.0 Å². The molecule has 0 fully saturated rings. The Morgan fingerprint density at radius 1 is 0.894 bits per heavy atom. The zero-order valence-electron chi connectivity index (χ0n) is 26.8. The van der Waals surface area contributed by atoms with E-state index in [2.05, 4.69) is 5.32 Å². The molecular weight excluding hydrogens is 657 g/mol. The third-order valence-electron chi connectivity index (χ3n) is 7.38. The first-order valence-corrected chi connectivity index (χ1v) is 17.5. The van der Waals surface area contributed by atoms with Gasteiger partial charge in [-0.25, -0.2) is 8.42 Å². The molecule has 1 N–H and O–H groups in total. The molecule has 0 bridgehead atoms. The zero-order valence-corrected chi connectivity index (χ0v) is 29.1. The largest absolute Gasteiger partial charge is 0.494 e. The SMILES string of the molecule is CCOc1ccc(S(=O)(=O)N(CC(=O)N(Cc2ccc(Cl)cc2Cl)C(Cc2ccccc2)C(=O)NC(C)C)c2ccc(C)cc2)cc1. The van der Waals surface area contributed by atoms with Crippen LogP contribution in [0.15, 0.2) is 102 Å². The maximum Gasteiger partial charge on any atom is 0.264 e. The van der Waals surface area contributed by atoms with Crippen LogP contribution in [0.4, 0.5) is 5.69 Å². The van der Waals surface area contributed by atoms with Gasteiger partial charge in [0, 0.05) is 29.1 Å². The number of hydrogen-bond acceptors (Lipinski definition) is 5. The molecule has 1 atom stereocenters. The average Bonchev–Trinajstić information content (AvgIpc) is 3.03. The van der Waals surface area contributed by atoms with Crippen LogP contribution in [0.1, 0.15) is 37.5 Å². The highest BCUT2D eigenvalue weighted by molar-refractivity contribution is 7.92. The topological polar surface area (TPSA) is 96.0 Å². The molecule has 0 spiro atoms. The second kappa shape index (κ2) is 16.2. The summed E-state index contributed by atoms with van der Waals surface area (Å²) >= 11 is 12.7. The summed E-state index contributed by atoms with van der Waals surface area (Å²) in [5.41, 5.74) is 2.60. The number of benzene rings is 4. The Morgan fingerprint density at radius 2 is 1.55 bits per heavy atom. The molecule has 0 aliphatic carbocycles. The Labute approximate surface area is 287 Å². The highest BCUT2D eigenvalue weighted by atomic mass is 35.5. The number of carbonyl (C=O) groups excluding carboxylic acids is 2. The van der Waals surface area contributed by atoms with Gasteiger partial charge in [-0.1, -0.05) is 77.3 Å². The molecule has 47 heavy (non-hydrogen) atoms. The summed E-state index contributed by atoms with van der Waals surface area (Å²) in [5.74, 6) is -0.445. The summed E-state index contributed by atoms with van der Waals surface area (Å²) in [6, 6.07) is 26.0. The molecule has 0 aliphatic rings. The van der Waals surface area contributed by atoms with Crippen LogP contribution in [-0.2, 0) is 32.6 Å². The number of sulfonamides is 1. The van der Waals surface area contributed by atoms with Gasteiger partial charge in [0.25, 0.3) is 10.0 Å². The molecule has 0 saturated heterocycles.